The van der Waals surface area contributed by atoms with E-state index >= 15 is 0 Å². The lowest BCUT2D eigenvalue weighted by atomic mass is 10.2. The van der Waals surface area contributed by atoms with E-state index in [1.165, 1.54) is 6.33 Å². The van der Waals surface area contributed by atoms with Crippen LogP contribution in [0.3, 0.4) is 0 Å². The highest BCUT2D eigenvalue weighted by Gasteiger charge is 2.27. The summed E-state index contributed by atoms with van der Waals surface area (Å²) in [5.74, 6) is 0.757. The number of ether oxygens (including phenoxy) is 1. The predicted octanol–water partition coefficient (Wildman–Crippen LogP) is 1.32. The van der Waals surface area contributed by atoms with Gasteiger partial charge in [-0.2, -0.15) is 0 Å². The van der Waals surface area contributed by atoms with Crippen LogP contribution in [0, 0.1) is 0 Å². The largest absolute Gasteiger partial charge is 0.394 e. The van der Waals surface area contributed by atoms with Crippen LogP contribution in [0.4, 0.5) is 5.82 Å². The zero-order chi connectivity index (χ0) is 13.9. The molecule has 20 heavy (non-hydrogen) atoms. The number of anilines is 1. The molecule has 2 unspecified atom stereocenters. The second-order valence-corrected chi connectivity index (χ2v) is 4.95. The van der Waals surface area contributed by atoms with Crippen molar-refractivity contribution in [2.45, 2.75) is 38.5 Å². The lowest BCUT2D eigenvalue weighted by molar-refractivity contribution is -0.0207. The van der Waals surface area contributed by atoms with E-state index in [-0.39, 0.29) is 18.9 Å². The summed E-state index contributed by atoms with van der Waals surface area (Å²) < 4.78 is 7.70. The van der Waals surface area contributed by atoms with E-state index in [1.807, 2.05) is 4.57 Å². The maximum Gasteiger partial charge on any atom is 0.167 e. The molecular formula is C13H19N5O2. The Morgan fingerprint density at radius 1 is 1.40 bits per heavy atom. The molecule has 0 radical (unpaired) electrons. The normalized spacial score (nSPS) is 22.5. The van der Waals surface area contributed by atoms with Gasteiger partial charge in [0.05, 0.1) is 19.0 Å². The van der Waals surface area contributed by atoms with E-state index in [0.717, 1.165) is 42.8 Å². The lowest BCUT2D eigenvalue weighted by Crippen LogP contribution is -2.14. The number of hydrogen-bond acceptors (Lipinski definition) is 6. The molecule has 1 saturated heterocycles. The van der Waals surface area contributed by atoms with Gasteiger partial charge in [-0.25, -0.2) is 15.0 Å². The number of fused-ring (bicyclic) bond motifs is 1. The molecule has 0 saturated carbocycles. The fourth-order valence-electron chi connectivity index (χ4n) is 2.46. The van der Waals surface area contributed by atoms with E-state index in [1.54, 1.807) is 6.33 Å². The van der Waals surface area contributed by atoms with E-state index in [2.05, 4.69) is 27.2 Å². The van der Waals surface area contributed by atoms with Crippen LogP contribution in [-0.2, 0) is 4.74 Å². The first kappa shape index (κ1) is 13.3. The molecule has 0 aliphatic carbocycles. The third-order valence-electron chi connectivity index (χ3n) is 3.50. The predicted molar refractivity (Wildman–Crippen MR) is 74.3 cm³/mol. The fourth-order valence-corrected chi connectivity index (χ4v) is 2.46. The summed E-state index contributed by atoms with van der Waals surface area (Å²) in [6, 6.07) is 0. The van der Waals surface area contributed by atoms with Crippen LogP contribution in [0.1, 0.15) is 32.4 Å². The van der Waals surface area contributed by atoms with Crippen LogP contribution in [0.15, 0.2) is 12.7 Å². The molecular weight excluding hydrogens is 258 g/mol. The Bertz CT molecular complexity index is 585. The molecule has 2 aromatic heterocycles. The molecule has 3 heterocycles. The molecule has 2 N–H and O–H groups in total. The highest BCUT2D eigenvalue weighted by atomic mass is 16.5. The molecule has 108 valence electrons. The van der Waals surface area contributed by atoms with Gasteiger partial charge < -0.3 is 15.2 Å². The van der Waals surface area contributed by atoms with Crippen LogP contribution in [0.5, 0.6) is 0 Å². The van der Waals surface area contributed by atoms with E-state index in [4.69, 9.17) is 9.84 Å². The Hall–Kier alpha value is -1.73. The minimum absolute atomic E-state index is 0.0570. The van der Waals surface area contributed by atoms with Gasteiger partial charge in [-0.05, 0) is 19.3 Å². The molecule has 0 spiro atoms. The fraction of sp³-hybridized carbons (Fsp3) is 0.615. The number of aliphatic hydroxyl groups excluding tert-OH is 1. The van der Waals surface area contributed by atoms with Crippen LogP contribution < -0.4 is 5.32 Å². The van der Waals surface area contributed by atoms with Gasteiger partial charge >= 0.3 is 0 Å². The number of imidazole rings is 1. The van der Waals surface area contributed by atoms with Crippen molar-refractivity contribution in [3.63, 3.8) is 0 Å². The summed E-state index contributed by atoms with van der Waals surface area (Å²) in [6.07, 6.45) is 5.82. The highest BCUT2D eigenvalue weighted by molar-refractivity contribution is 5.82. The minimum Gasteiger partial charge on any atom is -0.394 e. The van der Waals surface area contributed by atoms with Crippen LogP contribution >= 0.6 is 0 Å². The number of nitrogens with one attached hydrogen (secondary N) is 1. The summed E-state index contributed by atoms with van der Waals surface area (Å²) in [6.45, 7) is 3.01. The van der Waals surface area contributed by atoms with Crippen molar-refractivity contribution >= 4 is 17.0 Å². The Kier molecular flexibility index (Phi) is 3.79. The number of aromatic nitrogens is 4. The van der Waals surface area contributed by atoms with E-state index in [0.29, 0.717) is 0 Å². The second kappa shape index (κ2) is 5.72. The first-order valence-corrected chi connectivity index (χ1v) is 7.01. The van der Waals surface area contributed by atoms with Gasteiger partial charge in [0, 0.05) is 6.54 Å². The van der Waals surface area contributed by atoms with Gasteiger partial charge in [0.25, 0.3) is 0 Å². The van der Waals surface area contributed by atoms with Crippen molar-refractivity contribution in [3.8, 4) is 0 Å². The molecule has 3 rings (SSSR count). The molecule has 2 atom stereocenters. The first-order chi connectivity index (χ1) is 9.83. The standard InChI is InChI=1S/C13H19N5O2/c1-2-5-14-12-11-13(16-7-15-12)18(8-17-11)10-4-3-9(6-19)20-10/h7-10,19H,2-6H2,1H3,(H,14,15,16). The third kappa shape index (κ3) is 2.34. The van der Waals surface area contributed by atoms with Crippen LogP contribution in [-0.4, -0.2) is 43.9 Å². The number of rotatable bonds is 5. The van der Waals surface area contributed by atoms with E-state index in [9.17, 15) is 0 Å². The van der Waals surface area contributed by atoms with Gasteiger partial charge in [-0.3, -0.25) is 4.57 Å². The summed E-state index contributed by atoms with van der Waals surface area (Å²) in [5.41, 5.74) is 1.53. The van der Waals surface area contributed by atoms with Crippen molar-refractivity contribution in [2.75, 3.05) is 18.5 Å². The average molecular weight is 277 g/mol. The maximum absolute atomic E-state index is 9.15. The third-order valence-corrected chi connectivity index (χ3v) is 3.50. The maximum atomic E-state index is 9.15. The Morgan fingerprint density at radius 3 is 3.05 bits per heavy atom. The highest BCUT2D eigenvalue weighted by Crippen LogP contribution is 2.30. The van der Waals surface area contributed by atoms with Gasteiger partial charge in [-0.1, -0.05) is 6.92 Å². The van der Waals surface area contributed by atoms with Crippen molar-refractivity contribution in [1.82, 2.24) is 19.5 Å². The van der Waals surface area contributed by atoms with Crippen molar-refractivity contribution in [3.05, 3.63) is 12.7 Å². The topological polar surface area (TPSA) is 85.1 Å². The summed E-state index contributed by atoms with van der Waals surface area (Å²) in [4.78, 5) is 12.9. The number of nitrogens with zero attached hydrogens (tertiary/aromatic N) is 4. The first-order valence-electron chi connectivity index (χ1n) is 7.01. The van der Waals surface area contributed by atoms with Crippen molar-refractivity contribution in [1.29, 1.82) is 0 Å². The zero-order valence-electron chi connectivity index (χ0n) is 11.5. The van der Waals surface area contributed by atoms with Crippen molar-refractivity contribution in [2.24, 2.45) is 0 Å². The second-order valence-electron chi connectivity index (χ2n) is 4.95. The van der Waals surface area contributed by atoms with Gasteiger partial charge in [-0.15, -0.1) is 0 Å². The van der Waals surface area contributed by atoms with Crippen LogP contribution in [0.25, 0.3) is 11.2 Å². The minimum atomic E-state index is -0.105. The Balaban J connectivity index is 1.90. The molecule has 2 aromatic rings. The molecule has 7 nitrogen and oxygen atoms in total. The Labute approximate surface area is 117 Å². The molecule has 1 aliphatic rings. The summed E-state index contributed by atoms with van der Waals surface area (Å²) >= 11 is 0. The van der Waals surface area contributed by atoms with Gasteiger partial charge in [0.1, 0.15) is 12.6 Å². The number of hydrogen-bond donors (Lipinski definition) is 2. The summed E-state index contributed by atoms with van der Waals surface area (Å²) in [5, 5.41) is 12.4. The van der Waals surface area contributed by atoms with Crippen molar-refractivity contribution < 1.29 is 9.84 Å². The smallest absolute Gasteiger partial charge is 0.167 e. The molecule has 7 heteroatoms. The monoisotopic (exact) mass is 277 g/mol. The summed E-state index contributed by atoms with van der Waals surface area (Å²) in [7, 11) is 0. The van der Waals surface area contributed by atoms with Gasteiger partial charge in [0.2, 0.25) is 0 Å². The quantitative estimate of drug-likeness (QED) is 0.857. The number of aliphatic hydroxyl groups is 1. The molecule has 0 amide bonds. The SMILES string of the molecule is CCCNc1ncnc2c1ncn2C1CCC(CO)O1. The molecule has 1 aliphatic heterocycles. The van der Waals surface area contributed by atoms with Crippen LogP contribution in [0.2, 0.25) is 0 Å². The average Bonchev–Trinajstić information content (AvgIpc) is 3.10. The molecule has 0 aromatic carbocycles. The van der Waals surface area contributed by atoms with E-state index < -0.39 is 0 Å². The zero-order valence-corrected chi connectivity index (χ0v) is 11.5. The Morgan fingerprint density at radius 2 is 2.30 bits per heavy atom. The van der Waals surface area contributed by atoms with Gasteiger partial charge in [0.15, 0.2) is 17.0 Å². The molecule has 1 fully saturated rings. The molecule has 0 bridgehead atoms. The lowest BCUT2D eigenvalue weighted by Gasteiger charge is -2.13.